The van der Waals surface area contributed by atoms with Crippen molar-refractivity contribution in [1.29, 1.82) is 0 Å². The zero-order chi connectivity index (χ0) is 82.6. The summed E-state index contributed by atoms with van der Waals surface area (Å²) in [5.74, 6) is -0.551. The molecule has 0 unspecified atom stereocenters. The topological polar surface area (TPSA) is 81.2 Å². The van der Waals surface area contributed by atoms with Gasteiger partial charge in [0.25, 0.3) is 0 Å². The standard InChI is InChI=1S/C27H27NO.2C26H24BrNO.C26H24FNO.4ClH/c1-21-11-10-14-24(17-21)18-26(25-15-8-5-9-16-25)27(29)22(2)19-28(3)20-23-12-6-4-7-13-23;3*1-20(18-28(2)19-21-10-5-3-6-11-21)26(29)25(23-13-7-4-8-14-23)17-22-12-9-15-24(27)16-22;;;;/h4-18H,2,19-20H2,1,3H3;3*3-17H,1,18-19H2,2H3;4*1H/b26-18-;25-17+;25-17-;25-17+;;;;. The molecule has 12 aromatic carbocycles. The van der Waals surface area contributed by atoms with Crippen molar-refractivity contribution >= 4 is 151 Å². The van der Waals surface area contributed by atoms with E-state index < -0.39 is 0 Å². The highest BCUT2D eigenvalue weighted by Crippen LogP contribution is 2.29. The van der Waals surface area contributed by atoms with E-state index in [9.17, 15) is 23.6 Å². The maximum Gasteiger partial charge on any atom is 0.190 e. The van der Waals surface area contributed by atoms with E-state index in [4.69, 9.17) is 0 Å². The average Bonchev–Trinajstić information content (AvgIpc) is 0.848. The summed E-state index contributed by atoms with van der Waals surface area (Å²) in [5.41, 5.74) is 17.8. The summed E-state index contributed by atoms with van der Waals surface area (Å²) in [7, 11) is 7.99. The molecule has 616 valence electrons. The zero-order valence-corrected chi connectivity index (χ0v) is 74.8. The van der Waals surface area contributed by atoms with Crippen molar-refractivity contribution in [2.24, 2.45) is 0 Å². The quantitative estimate of drug-likeness (QED) is 0.0305. The Morgan fingerprint density at radius 3 is 0.717 bits per heavy atom. The molecule has 0 bridgehead atoms. The number of carbonyl (C=O) groups is 4. The first-order chi connectivity index (χ1) is 56.1. The minimum absolute atomic E-state index is 0. The molecule has 0 atom stereocenters. The van der Waals surface area contributed by atoms with E-state index in [0.717, 1.165) is 74.1 Å². The Hall–Kier alpha value is -10.9. The summed E-state index contributed by atoms with van der Waals surface area (Å²) in [4.78, 5) is 61.6. The summed E-state index contributed by atoms with van der Waals surface area (Å²) in [6, 6.07) is 110. The van der Waals surface area contributed by atoms with Gasteiger partial charge in [-0.05, 0) is 163 Å². The van der Waals surface area contributed by atoms with Crippen LogP contribution >= 0.6 is 81.5 Å². The summed E-state index contributed by atoms with van der Waals surface area (Å²) in [6.45, 7) is 23.4. The van der Waals surface area contributed by atoms with Crippen LogP contribution in [0.25, 0.3) is 46.6 Å². The number of hydrogen-bond donors (Lipinski definition) is 0. The van der Waals surface area contributed by atoms with E-state index in [1.165, 1.54) is 39.9 Å². The molecule has 0 radical (unpaired) electrons. The number of carbonyl (C=O) groups excluding carboxylic acids is 4. The van der Waals surface area contributed by atoms with Crippen LogP contribution in [-0.4, -0.2) is 97.1 Å². The molecule has 0 aliphatic carbocycles. The minimum Gasteiger partial charge on any atom is -0.298 e. The van der Waals surface area contributed by atoms with Gasteiger partial charge < -0.3 is 0 Å². The van der Waals surface area contributed by atoms with Gasteiger partial charge in [0.1, 0.15) is 5.82 Å². The summed E-state index contributed by atoms with van der Waals surface area (Å²) in [6.07, 6.45) is 7.56. The van der Waals surface area contributed by atoms with Gasteiger partial charge in [-0.2, -0.15) is 0 Å². The second-order valence-electron chi connectivity index (χ2n) is 28.6. The number of allylic oxidation sites excluding steroid dienone is 4. The Bertz CT molecular complexity index is 4730. The molecule has 0 aliphatic heterocycles. The second kappa shape index (κ2) is 52.9. The predicted molar refractivity (Wildman–Crippen MR) is 520 cm³/mol. The molecule has 15 heteroatoms. The number of rotatable bonds is 32. The van der Waals surface area contributed by atoms with Gasteiger partial charge in [0.2, 0.25) is 0 Å². The molecule has 0 N–H and O–H groups in total. The van der Waals surface area contributed by atoms with Crippen LogP contribution < -0.4 is 0 Å². The summed E-state index contributed by atoms with van der Waals surface area (Å²) >= 11 is 7.00. The first kappa shape index (κ1) is 99.7. The Labute approximate surface area is 751 Å². The maximum atomic E-state index is 13.6. The molecular weight excluding hydrogens is 1700 g/mol. The normalized spacial score (nSPS) is 11.1. The van der Waals surface area contributed by atoms with Gasteiger partial charge in [-0.25, -0.2) is 4.39 Å². The van der Waals surface area contributed by atoms with Crippen LogP contribution in [0.15, 0.2) is 397 Å². The van der Waals surface area contributed by atoms with Gasteiger partial charge >= 0.3 is 0 Å². The lowest BCUT2D eigenvalue weighted by Crippen LogP contribution is -2.23. The Kier molecular flexibility index (Phi) is 44.0. The van der Waals surface area contributed by atoms with Crippen LogP contribution in [-0.2, 0) is 45.4 Å². The van der Waals surface area contributed by atoms with Crippen molar-refractivity contribution in [3.05, 3.63) is 475 Å². The third-order valence-electron chi connectivity index (χ3n) is 18.5. The number of Topliss-reactive ketones (excluding diaryl/α,β-unsaturated/α-hetero) is 4. The molecule has 0 amide bonds. The molecule has 0 saturated heterocycles. The van der Waals surface area contributed by atoms with Crippen LogP contribution in [0, 0.1) is 12.7 Å². The molecule has 12 aromatic rings. The summed E-state index contributed by atoms with van der Waals surface area (Å²) in [5, 5.41) is 0. The fraction of sp³-hybridized carbons (Fsp3) is 0.124. The lowest BCUT2D eigenvalue weighted by atomic mass is 9.94. The number of ketones is 4. The molecule has 0 aliphatic rings. The van der Waals surface area contributed by atoms with Gasteiger partial charge in [0.05, 0.1) is 0 Å². The highest BCUT2D eigenvalue weighted by molar-refractivity contribution is 9.10. The van der Waals surface area contributed by atoms with Crippen molar-refractivity contribution in [1.82, 2.24) is 19.6 Å². The number of likely N-dealkylation sites (N-methyl/N-ethyl adjacent to an activating group) is 4. The Morgan fingerprint density at radius 1 is 0.283 bits per heavy atom. The lowest BCUT2D eigenvalue weighted by Gasteiger charge is -2.18. The van der Waals surface area contributed by atoms with Crippen LogP contribution in [0.5, 0.6) is 0 Å². The van der Waals surface area contributed by atoms with Gasteiger partial charge in [-0.1, -0.05) is 367 Å². The molecule has 0 aromatic heterocycles. The van der Waals surface area contributed by atoms with Crippen molar-refractivity contribution < 1.29 is 23.6 Å². The van der Waals surface area contributed by atoms with Crippen LogP contribution in [0.4, 0.5) is 4.39 Å². The van der Waals surface area contributed by atoms with E-state index in [1.807, 2.05) is 301 Å². The van der Waals surface area contributed by atoms with Crippen molar-refractivity contribution in [2.45, 2.75) is 33.1 Å². The van der Waals surface area contributed by atoms with Crippen molar-refractivity contribution in [3.63, 3.8) is 0 Å². The smallest absolute Gasteiger partial charge is 0.190 e. The van der Waals surface area contributed by atoms with E-state index in [0.29, 0.717) is 76.3 Å². The number of aryl methyl sites for hydroxylation is 1. The van der Waals surface area contributed by atoms with Crippen LogP contribution in [0.2, 0.25) is 0 Å². The molecular formula is C105H103Br2Cl4FN4O4. The van der Waals surface area contributed by atoms with Gasteiger partial charge in [-0.15, -0.1) is 49.6 Å². The Balaban J connectivity index is 0.000000282. The van der Waals surface area contributed by atoms with E-state index >= 15 is 0 Å². The van der Waals surface area contributed by atoms with Gasteiger partial charge in [-0.3, -0.25) is 38.8 Å². The highest BCUT2D eigenvalue weighted by atomic mass is 79.9. The monoisotopic (exact) mass is 1800 g/mol. The first-order valence-corrected chi connectivity index (χ1v) is 39.9. The maximum absolute atomic E-state index is 13.6. The van der Waals surface area contributed by atoms with E-state index in [2.05, 4.69) is 145 Å². The van der Waals surface area contributed by atoms with Crippen LogP contribution in [0.3, 0.4) is 0 Å². The zero-order valence-electron chi connectivity index (χ0n) is 68.3. The number of halogens is 7. The van der Waals surface area contributed by atoms with E-state index in [-0.39, 0.29) is 78.6 Å². The molecule has 12 rings (SSSR count). The molecule has 0 heterocycles. The highest BCUT2D eigenvalue weighted by Gasteiger charge is 2.22. The molecule has 0 spiro atoms. The summed E-state index contributed by atoms with van der Waals surface area (Å²) < 4.78 is 15.6. The largest absolute Gasteiger partial charge is 0.298 e. The number of benzene rings is 12. The van der Waals surface area contributed by atoms with Gasteiger partial charge in [0.15, 0.2) is 23.1 Å². The first-order valence-electron chi connectivity index (χ1n) is 38.3. The lowest BCUT2D eigenvalue weighted by molar-refractivity contribution is -0.111. The fourth-order valence-corrected chi connectivity index (χ4v) is 13.8. The third kappa shape index (κ3) is 33.7. The SMILES string of the molecule is C=C(CN(C)Cc1ccccc1)C(=O)/C(=C/c1cccc(Br)c1)c1ccccc1.C=C(CN(C)Cc1ccccc1)C(=O)/C(=C/c1cccc(F)c1)c1ccccc1.C=C(CN(C)Cc1ccccc1)C(=O)/C(=C\c1cccc(Br)c1)c1ccccc1.C=C(CN(C)Cc1ccccc1)C(=O)/C(=C\c1cccc(C)c1)c1ccccc1.Cl.Cl.Cl.Cl. The molecule has 0 saturated carbocycles. The number of hydrogen-bond acceptors (Lipinski definition) is 8. The van der Waals surface area contributed by atoms with Crippen LogP contribution in [0.1, 0.15) is 72.3 Å². The average molecular weight is 1810 g/mol. The number of nitrogens with zero attached hydrogens (tertiary/aromatic N) is 4. The Morgan fingerprint density at radius 2 is 0.492 bits per heavy atom. The second-order valence-corrected chi connectivity index (χ2v) is 30.5. The van der Waals surface area contributed by atoms with Crippen molar-refractivity contribution in [3.8, 4) is 0 Å². The fourth-order valence-electron chi connectivity index (χ4n) is 13.0. The van der Waals surface area contributed by atoms with E-state index in [1.54, 1.807) is 18.2 Å². The van der Waals surface area contributed by atoms with Crippen molar-refractivity contribution in [2.75, 3.05) is 54.4 Å². The molecule has 8 nitrogen and oxygen atoms in total. The predicted octanol–water partition coefficient (Wildman–Crippen LogP) is 25.6. The van der Waals surface area contributed by atoms with Gasteiger partial charge in [0, 0.05) is 106 Å². The minimum atomic E-state index is -0.333. The molecule has 0 fully saturated rings. The molecule has 120 heavy (non-hydrogen) atoms. The third-order valence-corrected chi connectivity index (χ3v) is 19.4.